The third-order valence-corrected chi connectivity index (χ3v) is 4.65. The van der Waals surface area contributed by atoms with Crippen LogP contribution in [0.5, 0.6) is 0 Å². The van der Waals surface area contributed by atoms with Gasteiger partial charge in [0.05, 0.1) is 17.7 Å². The molecule has 1 aliphatic rings. The molecule has 5 nitrogen and oxygen atoms in total. The predicted octanol–water partition coefficient (Wildman–Crippen LogP) is 1.62. The third-order valence-electron chi connectivity index (χ3n) is 3.76. The SMILES string of the molecule is Cc1cn2c(CC(=O)N3CCCC(C)(O)C3)csc2n1. The van der Waals surface area contributed by atoms with E-state index >= 15 is 0 Å². The highest BCUT2D eigenvalue weighted by molar-refractivity contribution is 7.15. The fourth-order valence-corrected chi connectivity index (χ4v) is 3.69. The number of β-amino-alcohol motifs (C(OH)–C–C–N with tert-alkyl or cyclic N) is 1. The predicted molar refractivity (Wildman–Crippen MR) is 77.9 cm³/mol. The van der Waals surface area contributed by atoms with Crippen LogP contribution in [0.4, 0.5) is 0 Å². The fraction of sp³-hybridized carbons (Fsp3) is 0.571. The van der Waals surface area contributed by atoms with Crippen molar-refractivity contribution in [3.63, 3.8) is 0 Å². The van der Waals surface area contributed by atoms with E-state index in [2.05, 4.69) is 4.98 Å². The van der Waals surface area contributed by atoms with Gasteiger partial charge in [-0.2, -0.15) is 0 Å². The first-order chi connectivity index (χ1) is 9.44. The van der Waals surface area contributed by atoms with E-state index in [4.69, 9.17) is 0 Å². The van der Waals surface area contributed by atoms with Gasteiger partial charge in [-0.25, -0.2) is 4.98 Å². The van der Waals surface area contributed by atoms with E-state index in [0.717, 1.165) is 35.7 Å². The Morgan fingerprint density at radius 2 is 2.40 bits per heavy atom. The van der Waals surface area contributed by atoms with E-state index < -0.39 is 5.60 Å². The molecule has 1 aliphatic heterocycles. The Kier molecular flexibility index (Phi) is 3.30. The van der Waals surface area contributed by atoms with Crippen LogP contribution in [0.25, 0.3) is 4.96 Å². The number of aromatic nitrogens is 2. The summed E-state index contributed by atoms with van der Waals surface area (Å²) in [6, 6.07) is 0. The maximum atomic E-state index is 12.4. The summed E-state index contributed by atoms with van der Waals surface area (Å²) in [4.78, 5) is 19.5. The lowest BCUT2D eigenvalue weighted by Gasteiger charge is -2.36. The summed E-state index contributed by atoms with van der Waals surface area (Å²) >= 11 is 1.55. The molecule has 3 rings (SSSR count). The molecular formula is C14H19N3O2S. The van der Waals surface area contributed by atoms with Gasteiger partial charge >= 0.3 is 0 Å². The molecule has 1 N–H and O–H groups in total. The summed E-state index contributed by atoms with van der Waals surface area (Å²) in [6.45, 7) is 4.93. The van der Waals surface area contributed by atoms with Gasteiger partial charge in [-0.05, 0) is 26.7 Å². The first-order valence-electron chi connectivity index (χ1n) is 6.87. The quantitative estimate of drug-likeness (QED) is 0.915. The third kappa shape index (κ3) is 2.58. The van der Waals surface area contributed by atoms with Gasteiger partial charge in [0.15, 0.2) is 4.96 Å². The molecule has 2 aromatic heterocycles. The summed E-state index contributed by atoms with van der Waals surface area (Å²) in [5.41, 5.74) is 1.19. The van der Waals surface area contributed by atoms with Crippen LogP contribution >= 0.6 is 11.3 Å². The van der Waals surface area contributed by atoms with Crippen LogP contribution < -0.4 is 0 Å². The summed E-state index contributed by atoms with van der Waals surface area (Å²) in [7, 11) is 0. The van der Waals surface area contributed by atoms with Crippen LogP contribution in [-0.4, -0.2) is 44.0 Å². The van der Waals surface area contributed by atoms with Crippen molar-refractivity contribution in [3.8, 4) is 0 Å². The van der Waals surface area contributed by atoms with Gasteiger partial charge in [0, 0.05) is 30.4 Å². The number of amides is 1. The average molecular weight is 293 g/mol. The number of nitrogens with zero attached hydrogens (tertiary/aromatic N) is 3. The Balaban J connectivity index is 1.75. The van der Waals surface area contributed by atoms with Gasteiger partial charge in [-0.1, -0.05) is 0 Å². The molecule has 6 heteroatoms. The molecule has 0 saturated carbocycles. The zero-order chi connectivity index (χ0) is 14.3. The number of aryl methyl sites for hydroxylation is 1. The van der Waals surface area contributed by atoms with Gasteiger partial charge in [0.1, 0.15) is 0 Å². The van der Waals surface area contributed by atoms with Gasteiger partial charge in [-0.15, -0.1) is 11.3 Å². The number of carbonyl (C=O) groups is 1. The van der Waals surface area contributed by atoms with Crippen molar-refractivity contribution in [1.29, 1.82) is 0 Å². The van der Waals surface area contributed by atoms with Crippen molar-refractivity contribution in [2.45, 2.75) is 38.7 Å². The van der Waals surface area contributed by atoms with E-state index in [1.807, 2.05) is 22.9 Å². The highest BCUT2D eigenvalue weighted by Gasteiger charge is 2.31. The van der Waals surface area contributed by atoms with Crippen molar-refractivity contribution in [1.82, 2.24) is 14.3 Å². The van der Waals surface area contributed by atoms with E-state index in [0.29, 0.717) is 13.0 Å². The number of rotatable bonds is 2. The van der Waals surface area contributed by atoms with Crippen LogP contribution in [0.2, 0.25) is 0 Å². The van der Waals surface area contributed by atoms with Crippen LogP contribution in [0.3, 0.4) is 0 Å². The molecule has 0 spiro atoms. The zero-order valence-electron chi connectivity index (χ0n) is 11.8. The number of hydrogen-bond donors (Lipinski definition) is 1. The molecule has 1 atom stereocenters. The zero-order valence-corrected chi connectivity index (χ0v) is 12.6. The van der Waals surface area contributed by atoms with Crippen molar-refractivity contribution < 1.29 is 9.90 Å². The molecule has 0 bridgehead atoms. The number of aliphatic hydroxyl groups is 1. The molecule has 0 radical (unpaired) electrons. The van der Waals surface area contributed by atoms with Gasteiger partial charge in [0.2, 0.25) is 5.91 Å². The van der Waals surface area contributed by atoms with Crippen molar-refractivity contribution in [2.24, 2.45) is 0 Å². The van der Waals surface area contributed by atoms with E-state index in [9.17, 15) is 9.90 Å². The number of hydrogen-bond acceptors (Lipinski definition) is 4. The highest BCUT2D eigenvalue weighted by atomic mass is 32.1. The fourth-order valence-electron chi connectivity index (χ4n) is 2.77. The molecule has 2 aromatic rings. The first kappa shape index (κ1) is 13.6. The largest absolute Gasteiger partial charge is 0.388 e. The number of imidazole rings is 1. The van der Waals surface area contributed by atoms with Crippen LogP contribution in [-0.2, 0) is 11.2 Å². The minimum absolute atomic E-state index is 0.0797. The molecule has 1 unspecified atom stereocenters. The molecule has 1 amide bonds. The smallest absolute Gasteiger partial charge is 0.228 e. The van der Waals surface area contributed by atoms with Crippen molar-refractivity contribution in [2.75, 3.05) is 13.1 Å². The Morgan fingerprint density at radius 1 is 1.60 bits per heavy atom. The standard InChI is InChI=1S/C14H19N3O2S/c1-10-7-17-11(8-20-13(17)15-10)6-12(18)16-5-3-4-14(2,19)9-16/h7-8,19H,3-6,9H2,1-2H3. The minimum atomic E-state index is -0.747. The van der Waals surface area contributed by atoms with Crippen molar-refractivity contribution in [3.05, 3.63) is 23.0 Å². The van der Waals surface area contributed by atoms with E-state index in [-0.39, 0.29) is 5.91 Å². The Bertz CT molecular complexity index is 644. The number of fused-ring (bicyclic) bond motifs is 1. The second-order valence-corrected chi connectivity index (χ2v) is 6.69. The van der Waals surface area contributed by atoms with Crippen molar-refractivity contribution >= 4 is 22.2 Å². The van der Waals surface area contributed by atoms with Gasteiger partial charge < -0.3 is 10.0 Å². The van der Waals surface area contributed by atoms with E-state index in [1.54, 1.807) is 23.2 Å². The van der Waals surface area contributed by atoms with Gasteiger partial charge in [-0.3, -0.25) is 9.20 Å². The highest BCUT2D eigenvalue weighted by Crippen LogP contribution is 2.22. The lowest BCUT2D eigenvalue weighted by Crippen LogP contribution is -2.49. The Morgan fingerprint density at radius 3 is 3.15 bits per heavy atom. The molecule has 1 saturated heterocycles. The number of piperidine rings is 1. The molecule has 108 valence electrons. The molecular weight excluding hydrogens is 274 g/mol. The first-order valence-corrected chi connectivity index (χ1v) is 7.75. The summed E-state index contributed by atoms with van der Waals surface area (Å²) in [6.07, 6.45) is 3.95. The molecule has 1 fully saturated rings. The number of likely N-dealkylation sites (tertiary alicyclic amines) is 1. The summed E-state index contributed by atoms with van der Waals surface area (Å²) < 4.78 is 1.99. The lowest BCUT2D eigenvalue weighted by atomic mass is 9.95. The Labute approximate surface area is 121 Å². The lowest BCUT2D eigenvalue weighted by molar-refractivity contribution is -0.136. The van der Waals surface area contributed by atoms with Crippen LogP contribution in [0, 0.1) is 6.92 Å². The van der Waals surface area contributed by atoms with E-state index in [1.165, 1.54) is 0 Å². The summed E-state index contributed by atoms with van der Waals surface area (Å²) in [5.74, 6) is 0.0797. The molecule has 3 heterocycles. The maximum Gasteiger partial charge on any atom is 0.228 e. The van der Waals surface area contributed by atoms with Crippen LogP contribution in [0.15, 0.2) is 11.6 Å². The minimum Gasteiger partial charge on any atom is -0.388 e. The second-order valence-electron chi connectivity index (χ2n) is 5.85. The topological polar surface area (TPSA) is 57.8 Å². The Hall–Kier alpha value is -1.40. The van der Waals surface area contributed by atoms with Gasteiger partial charge in [0.25, 0.3) is 0 Å². The number of thiazole rings is 1. The molecule has 20 heavy (non-hydrogen) atoms. The normalized spacial score (nSPS) is 23.4. The van der Waals surface area contributed by atoms with Crippen LogP contribution in [0.1, 0.15) is 31.2 Å². The summed E-state index contributed by atoms with van der Waals surface area (Å²) in [5, 5.41) is 12.1. The average Bonchev–Trinajstić information content (AvgIpc) is 2.89. The second kappa shape index (κ2) is 4.86. The maximum absolute atomic E-state index is 12.4. The molecule has 0 aliphatic carbocycles. The molecule has 0 aromatic carbocycles. The number of carbonyl (C=O) groups excluding carboxylic acids is 1. The monoisotopic (exact) mass is 293 g/mol.